The lowest BCUT2D eigenvalue weighted by atomic mass is 10.1. The molecule has 0 radical (unpaired) electrons. The zero-order chi connectivity index (χ0) is 23.7. The van der Waals surface area contributed by atoms with E-state index >= 15 is 0 Å². The molecule has 2 aliphatic rings. The van der Waals surface area contributed by atoms with Crippen LogP contribution in [0.2, 0.25) is 0 Å². The number of imide groups is 1. The molecule has 0 bridgehead atoms. The highest BCUT2D eigenvalue weighted by Gasteiger charge is 2.41. The highest BCUT2D eigenvalue weighted by molar-refractivity contribution is 6.22. The van der Waals surface area contributed by atoms with Crippen LogP contribution in [0.3, 0.4) is 0 Å². The minimum absolute atomic E-state index is 0.220. The van der Waals surface area contributed by atoms with Gasteiger partial charge in [0.15, 0.2) is 5.82 Å². The Hall–Kier alpha value is -3.85. The summed E-state index contributed by atoms with van der Waals surface area (Å²) in [6, 6.07) is 15.4. The Bertz CT molecular complexity index is 1190. The number of benzene rings is 2. The summed E-state index contributed by atoms with van der Waals surface area (Å²) in [5.74, 6) is 0.0331. The van der Waals surface area contributed by atoms with Crippen LogP contribution in [0.5, 0.6) is 0 Å². The van der Waals surface area contributed by atoms with Gasteiger partial charge in [0.25, 0.3) is 17.7 Å². The lowest BCUT2D eigenvalue weighted by Crippen LogP contribution is -2.50. The monoisotopic (exact) mass is 459 g/mol. The van der Waals surface area contributed by atoms with Gasteiger partial charge in [-0.05, 0) is 37.6 Å². The van der Waals surface area contributed by atoms with E-state index in [-0.39, 0.29) is 5.91 Å². The van der Waals surface area contributed by atoms with Crippen molar-refractivity contribution in [2.75, 3.05) is 26.2 Å². The fraction of sp³-hybridized carbons (Fsp3) is 0.320. The van der Waals surface area contributed by atoms with E-state index in [2.05, 4.69) is 15.0 Å². The van der Waals surface area contributed by atoms with Gasteiger partial charge in [0.1, 0.15) is 6.04 Å². The van der Waals surface area contributed by atoms with E-state index in [1.165, 1.54) is 0 Å². The smallest absolute Gasteiger partial charge is 0.262 e. The van der Waals surface area contributed by atoms with Crippen LogP contribution in [-0.2, 0) is 11.3 Å². The van der Waals surface area contributed by atoms with Crippen LogP contribution in [0.4, 0.5) is 0 Å². The van der Waals surface area contributed by atoms with Crippen molar-refractivity contribution in [2.45, 2.75) is 25.9 Å². The number of hydrogen-bond donors (Lipinski definition) is 0. The number of amides is 3. The molecule has 2 aromatic carbocycles. The number of carbonyl (C=O) groups excluding carboxylic acids is 3. The topological polar surface area (TPSA) is 99.8 Å². The Labute approximate surface area is 196 Å². The van der Waals surface area contributed by atoms with Crippen LogP contribution in [-0.4, -0.2) is 74.8 Å². The molecule has 5 rings (SSSR count). The summed E-state index contributed by atoms with van der Waals surface area (Å²) in [4.78, 5) is 48.3. The quantitative estimate of drug-likeness (QED) is 0.541. The number of hydrogen-bond acceptors (Lipinski definition) is 7. The Morgan fingerprint density at radius 1 is 0.941 bits per heavy atom. The van der Waals surface area contributed by atoms with Gasteiger partial charge in [0, 0.05) is 31.7 Å². The zero-order valence-electron chi connectivity index (χ0n) is 18.9. The molecule has 1 saturated heterocycles. The maximum absolute atomic E-state index is 13.2. The first-order valence-electron chi connectivity index (χ1n) is 11.4. The number of carbonyl (C=O) groups is 3. The predicted molar refractivity (Wildman–Crippen MR) is 123 cm³/mol. The van der Waals surface area contributed by atoms with Crippen molar-refractivity contribution in [1.82, 2.24) is 24.8 Å². The number of aromatic nitrogens is 2. The third-order valence-corrected chi connectivity index (χ3v) is 6.32. The third-order valence-electron chi connectivity index (χ3n) is 6.32. The van der Waals surface area contributed by atoms with Crippen molar-refractivity contribution in [3.05, 3.63) is 71.5 Å². The molecule has 34 heavy (non-hydrogen) atoms. The number of rotatable bonds is 5. The first-order valence-corrected chi connectivity index (χ1v) is 11.4. The minimum atomic E-state index is -0.857. The molecule has 3 amide bonds. The highest BCUT2D eigenvalue weighted by atomic mass is 16.5. The molecular weight excluding hydrogens is 434 g/mol. The van der Waals surface area contributed by atoms with Crippen molar-refractivity contribution in [3.8, 4) is 11.5 Å². The van der Waals surface area contributed by atoms with E-state index < -0.39 is 17.9 Å². The molecule has 1 unspecified atom stereocenters. The Morgan fingerprint density at radius 3 is 2.32 bits per heavy atom. The van der Waals surface area contributed by atoms with Crippen molar-refractivity contribution in [2.24, 2.45) is 0 Å². The summed E-state index contributed by atoms with van der Waals surface area (Å²) in [7, 11) is 0. The van der Waals surface area contributed by atoms with E-state index in [0.29, 0.717) is 49.0 Å². The molecule has 1 fully saturated rings. The van der Waals surface area contributed by atoms with Crippen molar-refractivity contribution in [3.63, 3.8) is 0 Å². The second-order valence-corrected chi connectivity index (χ2v) is 8.54. The molecule has 0 N–H and O–H groups in total. The maximum atomic E-state index is 13.2. The fourth-order valence-corrected chi connectivity index (χ4v) is 4.50. The Balaban J connectivity index is 1.20. The predicted octanol–water partition coefficient (Wildman–Crippen LogP) is 2.46. The van der Waals surface area contributed by atoms with Gasteiger partial charge in [0.2, 0.25) is 5.91 Å². The van der Waals surface area contributed by atoms with Gasteiger partial charge in [-0.1, -0.05) is 35.5 Å². The molecule has 3 heterocycles. The van der Waals surface area contributed by atoms with Crippen molar-refractivity contribution in [1.29, 1.82) is 0 Å². The molecule has 3 aromatic rings. The van der Waals surface area contributed by atoms with E-state index in [4.69, 9.17) is 4.52 Å². The molecule has 174 valence electrons. The largest absolute Gasteiger partial charge is 0.340 e. The lowest BCUT2D eigenvalue weighted by Gasteiger charge is -2.28. The average molecular weight is 460 g/mol. The number of nitrogens with zero attached hydrogens (tertiary/aromatic N) is 5. The van der Waals surface area contributed by atoms with Crippen LogP contribution >= 0.6 is 0 Å². The van der Waals surface area contributed by atoms with Gasteiger partial charge in [-0.25, -0.2) is 0 Å². The van der Waals surface area contributed by atoms with Gasteiger partial charge in [-0.15, -0.1) is 0 Å². The zero-order valence-corrected chi connectivity index (χ0v) is 18.9. The fourth-order valence-electron chi connectivity index (χ4n) is 4.50. The van der Waals surface area contributed by atoms with Crippen LogP contribution in [0, 0.1) is 0 Å². The Morgan fingerprint density at radius 2 is 1.62 bits per heavy atom. The van der Waals surface area contributed by atoms with Crippen molar-refractivity contribution >= 4 is 17.7 Å². The Kier molecular flexibility index (Phi) is 5.93. The summed E-state index contributed by atoms with van der Waals surface area (Å²) in [6.45, 7) is 4.61. The summed E-state index contributed by atoms with van der Waals surface area (Å²) < 4.78 is 5.40. The summed E-state index contributed by atoms with van der Waals surface area (Å²) >= 11 is 0. The average Bonchev–Trinajstić information content (AvgIpc) is 3.33. The van der Waals surface area contributed by atoms with Crippen molar-refractivity contribution < 1.29 is 18.9 Å². The second kappa shape index (κ2) is 9.18. The van der Waals surface area contributed by atoms with Crippen LogP contribution in [0.1, 0.15) is 39.9 Å². The molecule has 1 aromatic heterocycles. The minimum Gasteiger partial charge on any atom is -0.340 e. The van der Waals surface area contributed by atoms with E-state index in [9.17, 15) is 14.4 Å². The second-order valence-electron chi connectivity index (χ2n) is 8.54. The number of fused-ring (bicyclic) bond motifs is 1. The molecule has 0 spiro atoms. The maximum Gasteiger partial charge on any atom is 0.262 e. The van der Waals surface area contributed by atoms with Crippen LogP contribution in [0.15, 0.2) is 59.1 Å². The first kappa shape index (κ1) is 22.0. The highest BCUT2D eigenvalue weighted by Crippen LogP contribution is 2.25. The van der Waals surface area contributed by atoms with Gasteiger partial charge in [0.05, 0.1) is 17.7 Å². The van der Waals surface area contributed by atoms with E-state index in [1.54, 1.807) is 36.1 Å². The molecule has 9 nitrogen and oxygen atoms in total. The van der Waals surface area contributed by atoms with Gasteiger partial charge in [-0.2, -0.15) is 4.98 Å². The summed E-state index contributed by atoms with van der Waals surface area (Å²) in [5.41, 5.74) is 1.57. The summed E-state index contributed by atoms with van der Waals surface area (Å²) in [6.07, 6.45) is 0.768. The van der Waals surface area contributed by atoms with Gasteiger partial charge < -0.3 is 9.42 Å². The van der Waals surface area contributed by atoms with Crippen LogP contribution < -0.4 is 0 Å². The van der Waals surface area contributed by atoms with Gasteiger partial charge >= 0.3 is 0 Å². The molecule has 9 heteroatoms. The molecule has 0 saturated carbocycles. The SMILES string of the molecule is CC(C(=O)N1CCCN(Cc2noc(-c3ccccc3)n2)CC1)N1C(=O)c2ccccc2C1=O. The standard InChI is InChI=1S/C25H25N5O4/c1-17(30-24(32)19-10-5-6-11-20(19)25(30)33)23(31)29-13-7-12-28(14-15-29)16-21-26-22(34-27-21)18-8-3-2-4-9-18/h2-6,8-11,17H,7,12-16H2,1H3. The third kappa shape index (κ3) is 4.10. The molecular formula is C25H25N5O4. The first-order chi connectivity index (χ1) is 16.5. The summed E-state index contributed by atoms with van der Waals surface area (Å²) in [5, 5.41) is 4.10. The normalized spacial score (nSPS) is 17.6. The van der Waals surface area contributed by atoms with Gasteiger partial charge in [-0.3, -0.25) is 24.2 Å². The van der Waals surface area contributed by atoms with E-state index in [0.717, 1.165) is 23.4 Å². The lowest BCUT2D eigenvalue weighted by molar-refractivity contribution is -0.134. The van der Waals surface area contributed by atoms with Crippen LogP contribution in [0.25, 0.3) is 11.5 Å². The van der Waals surface area contributed by atoms with E-state index in [1.807, 2.05) is 30.3 Å². The molecule has 0 aliphatic carbocycles. The molecule has 2 aliphatic heterocycles. The molecule has 1 atom stereocenters.